The smallest absolute Gasteiger partial charge is 0.0221 e. The Hall–Kier alpha value is -0.120. The maximum absolute atomic E-state index is 3.73. The highest BCUT2D eigenvalue weighted by molar-refractivity contribution is 4.99. The van der Waals surface area contributed by atoms with Crippen molar-refractivity contribution in [2.45, 2.75) is 82.6 Å². The zero-order chi connectivity index (χ0) is 13.4. The quantitative estimate of drug-likeness (QED) is 0.843. The molecule has 3 heterocycles. The summed E-state index contributed by atoms with van der Waals surface area (Å²) >= 11 is 0. The molecule has 0 spiro atoms. The van der Waals surface area contributed by atoms with Gasteiger partial charge in [-0.2, -0.15) is 0 Å². The molecule has 3 nitrogen and oxygen atoms in total. The highest BCUT2D eigenvalue weighted by Crippen LogP contribution is 2.37. The summed E-state index contributed by atoms with van der Waals surface area (Å²) in [7, 11) is 2.35. The lowest BCUT2D eigenvalue weighted by Crippen LogP contribution is -2.61. The number of rotatable bonds is 3. The van der Waals surface area contributed by atoms with Crippen LogP contribution in [0, 0.1) is 0 Å². The van der Waals surface area contributed by atoms with Gasteiger partial charge in [0.05, 0.1) is 0 Å². The summed E-state index contributed by atoms with van der Waals surface area (Å²) in [4.78, 5) is 5.54. The molecule has 3 saturated heterocycles. The Morgan fingerprint density at radius 2 is 1.68 bits per heavy atom. The second-order valence-corrected chi connectivity index (χ2v) is 6.95. The van der Waals surface area contributed by atoms with Crippen LogP contribution in [0.15, 0.2) is 0 Å². The van der Waals surface area contributed by atoms with Crippen LogP contribution in [0.4, 0.5) is 0 Å². The van der Waals surface area contributed by atoms with Crippen molar-refractivity contribution in [3.05, 3.63) is 0 Å². The molecule has 4 unspecified atom stereocenters. The summed E-state index contributed by atoms with van der Waals surface area (Å²) in [5.41, 5.74) is 0. The summed E-state index contributed by atoms with van der Waals surface area (Å²) in [6, 6.07) is 4.10. The fourth-order valence-corrected chi connectivity index (χ4v) is 4.64. The van der Waals surface area contributed by atoms with Gasteiger partial charge >= 0.3 is 0 Å². The molecule has 19 heavy (non-hydrogen) atoms. The zero-order valence-electron chi connectivity index (χ0n) is 12.9. The maximum atomic E-state index is 3.73. The molecule has 0 saturated carbocycles. The first kappa shape index (κ1) is 13.8. The van der Waals surface area contributed by atoms with E-state index in [-0.39, 0.29) is 0 Å². The van der Waals surface area contributed by atoms with E-state index in [1.165, 1.54) is 51.6 Å². The average Bonchev–Trinajstić information content (AvgIpc) is 2.68. The SMILES string of the molecule is CCC1CN(C2CC3CCC(C2)N3C)C(CC)CN1. The van der Waals surface area contributed by atoms with E-state index in [4.69, 9.17) is 0 Å². The summed E-state index contributed by atoms with van der Waals surface area (Å²) in [6.45, 7) is 7.16. The lowest BCUT2D eigenvalue weighted by Gasteiger charge is -2.48. The number of hydrogen-bond acceptors (Lipinski definition) is 3. The molecule has 3 aliphatic heterocycles. The van der Waals surface area contributed by atoms with Crippen LogP contribution in [0.5, 0.6) is 0 Å². The number of nitrogens with one attached hydrogen (secondary N) is 1. The van der Waals surface area contributed by atoms with E-state index in [9.17, 15) is 0 Å². The van der Waals surface area contributed by atoms with E-state index < -0.39 is 0 Å². The minimum absolute atomic E-state index is 0.722. The second-order valence-electron chi connectivity index (χ2n) is 6.95. The lowest BCUT2D eigenvalue weighted by molar-refractivity contribution is 0.0217. The molecular weight excluding hydrogens is 234 g/mol. The topological polar surface area (TPSA) is 18.5 Å². The number of fused-ring (bicyclic) bond motifs is 2. The van der Waals surface area contributed by atoms with Crippen LogP contribution in [0.3, 0.4) is 0 Å². The Kier molecular flexibility index (Phi) is 4.16. The molecule has 0 aromatic carbocycles. The Balaban J connectivity index is 1.69. The van der Waals surface area contributed by atoms with Crippen molar-refractivity contribution in [1.29, 1.82) is 0 Å². The summed E-state index contributed by atoms with van der Waals surface area (Å²) < 4.78 is 0. The first-order valence-corrected chi connectivity index (χ1v) is 8.44. The average molecular weight is 265 g/mol. The Bertz CT molecular complexity index is 292. The van der Waals surface area contributed by atoms with E-state index in [0.717, 1.165) is 30.2 Å². The molecule has 3 aliphatic rings. The predicted molar refractivity (Wildman–Crippen MR) is 80.5 cm³/mol. The van der Waals surface area contributed by atoms with E-state index in [0.29, 0.717) is 0 Å². The van der Waals surface area contributed by atoms with E-state index in [1.54, 1.807) is 0 Å². The number of piperazine rings is 1. The fraction of sp³-hybridized carbons (Fsp3) is 1.00. The van der Waals surface area contributed by atoms with Gasteiger partial charge in [0.2, 0.25) is 0 Å². The maximum Gasteiger partial charge on any atom is 0.0221 e. The minimum Gasteiger partial charge on any atom is -0.311 e. The van der Waals surface area contributed by atoms with Crippen LogP contribution < -0.4 is 5.32 Å². The van der Waals surface area contributed by atoms with Crippen LogP contribution in [-0.2, 0) is 0 Å². The van der Waals surface area contributed by atoms with Gasteiger partial charge in [-0.1, -0.05) is 13.8 Å². The third-order valence-electron chi connectivity index (χ3n) is 6.05. The van der Waals surface area contributed by atoms with Gasteiger partial charge in [-0.3, -0.25) is 4.90 Å². The molecule has 3 fully saturated rings. The second kappa shape index (κ2) is 5.71. The Labute approximate surface area is 118 Å². The van der Waals surface area contributed by atoms with Gasteiger partial charge < -0.3 is 10.2 Å². The number of piperidine rings is 1. The van der Waals surface area contributed by atoms with E-state index in [2.05, 4.69) is 36.0 Å². The summed E-state index contributed by atoms with van der Waals surface area (Å²) in [6.07, 6.45) is 8.28. The molecule has 3 heteroatoms. The minimum atomic E-state index is 0.722. The van der Waals surface area contributed by atoms with Gasteiger partial charge in [0, 0.05) is 43.3 Å². The first-order valence-electron chi connectivity index (χ1n) is 8.44. The van der Waals surface area contributed by atoms with Gasteiger partial charge in [-0.05, 0) is 45.6 Å². The molecule has 0 aromatic heterocycles. The third-order valence-corrected chi connectivity index (χ3v) is 6.05. The molecule has 3 rings (SSSR count). The highest BCUT2D eigenvalue weighted by atomic mass is 15.3. The molecule has 110 valence electrons. The predicted octanol–water partition coefficient (Wildman–Crippen LogP) is 2.07. The van der Waals surface area contributed by atoms with Gasteiger partial charge in [0.25, 0.3) is 0 Å². The van der Waals surface area contributed by atoms with Gasteiger partial charge in [-0.15, -0.1) is 0 Å². The van der Waals surface area contributed by atoms with Gasteiger partial charge in [0.1, 0.15) is 0 Å². The van der Waals surface area contributed by atoms with Crippen LogP contribution in [-0.4, -0.2) is 60.1 Å². The normalized spacial score (nSPS) is 44.7. The molecule has 0 radical (unpaired) electrons. The Morgan fingerprint density at radius 1 is 1.00 bits per heavy atom. The standard InChI is InChI=1S/C16H31N3/c1-4-12-11-19(13(5-2)10-17-12)16-8-14-6-7-15(9-16)18(14)3/h12-17H,4-11H2,1-3H3. The van der Waals surface area contributed by atoms with Crippen molar-refractivity contribution >= 4 is 0 Å². The highest BCUT2D eigenvalue weighted by Gasteiger charge is 2.42. The van der Waals surface area contributed by atoms with Gasteiger partial charge in [-0.25, -0.2) is 0 Å². The van der Waals surface area contributed by atoms with Gasteiger partial charge in [0.15, 0.2) is 0 Å². The van der Waals surface area contributed by atoms with E-state index in [1.807, 2.05) is 0 Å². The fourth-order valence-electron chi connectivity index (χ4n) is 4.64. The zero-order valence-corrected chi connectivity index (χ0v) is 12.9. The van der Waals surface area contributed by atoms with Crippen molar-refractivity contribution in [3.8, 4) is 0 Å². The van der Waals surface area contributed by atoms with Crippen molar-refractivity contribution < 1.29 is 0 Å². The summed E-state index contributed by atoms with van der Waals surface area (Å²) in [5.74, 6) is 0. The molecule has 1 N–H and O–H groups in total. The lowest BCUT2D eigenvalue weighted by atomic mass is 9.92. The van der Waals surface area contributed by atoms with Crippen molar-refractivity contribution in [1.82, 2.24) is 15.1 Å². The summed E-state index contributed by atoms with van der Waals surface area (Å²) in [5, 5.41) is 3.73. The van der Waals surface area contributed by atoms with Crippen LogP contribution in [0.25, 0.3) is 0 Å². The number of hydrogen-bond donors (Lipinski definition) is 1. The van der Waals surface area contributed by atoms with Crippen molar-refractivity contribution in [2.75, 3.05) is 20.1 Å². The van der Waals surface area contributed by atoms with Crippen molar-refractivity contribution in [2.24, 2.45) is 0 Å². The monoisotopic (exact) mass is 265 g/mol. The first-order chi connectivity index (χ1) is 9.22. The van der Waals surface area contributed by atoms with E-state index >= 15 is 0 Å². The largest absolute Gasteiger partial charge is 0.311 e. The van der Waals surface area contributed by atoms with Crippen molar-refractivity contribution in [3.63, 3.8) is 0 Å². The van der Waals surface area contributed by atoms with Crippen LogP contribution in [0.1, 0.15) is 52.4 Å². The molecule has 0 amide bonds. The molecular formula is C16H31N3. The molecule has 4 atom stereocenters. The van der Waals surface area contributed by atoms with Crippen LogP contribution in [0.2, 0.25) is 0 Å². The molecule has 0 aliphatic carbocycles. The van der Waals surface area contributed by atoms with Crippen LogP contribution >= 0.6 is 0 Å². The number of nitrogens with zero attached hydrogens (tertiary/aromatic N) is 2. The molecule has 2 bridgehead atoms. The Morgan fingerprint density at radius 3 is 2.26 bits per heavy atom. The third kappa shape index (κ3) is 2.57. The molecule has 0 aromatic rings.